The second-order valence-electron chi connectivity index (χ2n) is 6.56. The third-order valence-corrected chi connectivity index (χ3v) is 4.55. The van der Waals surface area contributed by atoms with E-state index in [0.29, 0.717) is 0 Å². The molecule has 132 valence electrons. The second-order valence-corrected chi connectivity index (χ2v) is 6.56. The summed E-state index contributed by atoms with van der Waals surface area (Å²) in [6.45, 7) is 0. The average molecular weight is 354 g/mol. The van der Waals surface area contributed by atoms with Crippen LogP contribution < -0.4 is 0 Å². The molecule has 0 saturated heterocycles. The summed E-state index contributed by atoms with van der Waals surface area (Å²) >= 11 is 0. The molecule has 0 atom stereocenters. The van der Waals surface area contributed by atoms with Crippen molar-refractivity contribution in [2.75, 3.05) is 0 Å². The van der Waals surface area contributed by atoms with Crippen LogP contribution in [0.5, 0.6) is 0 Å². The Balaban J connectivity index is 1.39. The zero-order chi connectivity index (χ0) is 18.6. The van der Waals surface area contributed by atoms with Gasteiger partial charge in [0.15, 0.2) is 0 Å². The maximum absolute atomic E-state index is 12.1. The van der Waals surface area contributed by atoms with Gasteiger partial charge in [-0.1, -0.05) is 84.9 Å². The van der Waals surface area contributed by atoms with Gasteiger partial charge in [-0.3, -0.25) is 9.59 Å². The molecule has 0 radical (unpaired) electrons. The van der Waals surface area contributed by atoms with Crippen molar-refractivity contribution in [2.24, 2.45) is 0 Å². The van der Waals surface area contributed by atoms with Gasteiger partial charge in [0, 0.05) is 0 Å². The lowest BCUT2D eigenvalue weighted by molar-refractivity contribution is -0.158. The Labute approximate surface area is 157 Å². The number of esters is 2. The third kappa shape index (κ3) is 4.04. The Morgan fingerprint density at radius 3 is 1.41 bits per heavy atom. The molecule has 4 aromatic carbocycles. The van der Waals surface area contributed by atoms with Gasteiger partial charge in [0.1, 0.15) is 0 Å². The maximum Gasteiger partial charge on any atom is 0.317 e. The largest absolute Gasteiger partial charge is 0.393 e. The van der Waals surface area contributed by atoms with Gasteiger partial charge in [-0.15, -0.1) is 0 Å². The van der Waals surface area contributed by atoms with E-state index >= 15 is 0 Å². The van der Waals surface area contributed by atoms with E-state index in [9.17, 15) is 9.59 Å². The minimum atomic E-state index is -0.531. The molecule has 0 amide bonds. The van der Waals surface area contributed by atoms with Crippen molar-refractivity contribution < 1.29 is 14.3 Å². The van der Waals surface area contributed by atoms with Crippen molar-refractivity contribution in [3.05, 3.63) is 96.1 Å². The minimum absolute atomic E-state index is 0.0777. The Kier molecular flexibility index (Phi) is 4.67. The van der Waals surface area contributed by atoms with Gasteiger partial charge in [-0.05, 0) is 32.7 Å². The number of carbonyl (C=O) groups excluding carboxylic acids is 2. The molecule has 0 aliphatic carbocycles. The molecule has 0 saturated carbocycles. The summed E-state index contributed by atoms with van der Waals surface area (Å²) in [5.41, 5.74) is 1.66. The quantitative estimate of drug-likeness (QED) is 0.389. The van der Waals surface area contributed by atoms with Crippen LogP contribution in [0.4, 0.5) is 0 Å². The van der Waals surface area contributed by atoms with E-state index < -0.39 is 11.9 Å². The van der Waals surface area contributed by atoms with E-state index in [-0.39, 0.29) is 12.8 Å². The van der Waals surface area contributed by atoms with Crippen LogP contribution in [-0.2, 0) is 27.2 Å². The smallest absolute Gasteiger partial charge is 0.317 e. The van der Waals surface area contributed by atoms with E-state index in [1.54, 1.807) is 0 Å². The molecule has 0 aromatic heterocycles. The van der Waals surface area contributed by atoms with E-state index in [0.717, 1.165) is 32.7 Å². The molecule has 0 bridgehead atoms. The van der Waals surface area contributed by atoms with E-state index in [1.807, 2.05) is 84.9 Å². The molecule has 0 heterocycles. The summed E-state index contributed by atoms with van der Waals surface area (Å²) < 4.78 is 5.00. The number of fused-ring (bicyclic) bond motifs is 2. The summed E-state index contributed by atoms with van der Waals surface area (Å²) in [7, 11) is 0. The summed E-state index contributed by atoms with van der Waals surface area (Å²) in [6, 6.07) is 27.5. The summed E-state index contributed by atoms with van der Waals surface area (Å²) in [5.74, 6) is -1.06. The van der Waals surface area contributed by atoms with Crippen LogP contribution in [0.2, 0.25) is 0 Å². The summed E-state index contributed by atoms with van der Waals surface area (Å²) in [4.78, 5) is 24.2. The number of hydrogen-bond acceptors (Lipinski definition) is 3. The zero-order valence-corrected chi connectivity index (χ0v) is 14.7. The second kappa shape index (κ2) is 7.42. The number of carbonyl (C=O) groups is 2. The highest BCUT2D eigenvalue weighted by molar-refractivity contribution is 5.90. The molecule has 27 heavy (non-hydrogen) atoms. The van der Waals surface area contributed by atoms with Crippen LogP contribution in [0, 0.1) is 0 Å². The lowest BCUT2D eigenvalue weighted by Crippen LogP contribution is -2.16. The van der Waals surface area contributed by atoms with Crippen molar-refractivity contribution in [3.63, 3.8) is 0 Å². The van der Waals surface area contributed by atoms with Crippen LogP contribution in [0.15, 0.2) is 84.9 Å². The van der Waals surface area contributed by atoms with Gasteiger partial charge in [0.2, 0.25) is 0 Å². The molecule has 3 heteroatoms. The monoisotopic (exact) mass is 354 g/mol. The predicted molar refractivity (Wildman–Crippen MR) is 106 cm³/mol. The molecule has 4 rings (SSSR count). The van der Waals surface area contributed by atoms with Crippen LogP contribution >= 0.6 is 0 Å². The van der Waals surface area contributed by atoms with Crippen LogP contribution in [0.1, 0.15) is 11.1 Å². The molecule has 0 unspecified atom stereocenters. The number of hydrogen-bond donors (Lipinski definition) is 0. The first kappa shape index (κ1) is 17.0. The Hall–Kier alpha value is -3.46. The zero-order valence-electron chi connectivity index (χ0n) is 14.7. The Morgan fingerprint density at radius 1 is 0.556 bits per heavy atom. The molecule has 0 aliphatic heterocycles. The van der Waals surface area contributed by atoms with Gasteiger partial charge < -0.3 is 4.74 Å². The molecule has 0 fully saturated rings. The summed E-state index contributed by atoms with van der Waals surface area (Å²) in [5, 5.41) is 4.35. The standard InChI is InChI=1S/C24H18O3/c25-23(15-17-9-11-19-5-1-3-7-21(19)13-17)27-24(26)16-18-10-12-20-6-2-4-8-22(20)14-18/h1-14H,15-16H2. The third-order valence-electron chi connectivity index (χ3n) is 4.55. The van der Waals surface area contributed by atoms with Crippen LogP contribution in [0.25, 0.3) is 21.5 Å². The highest BCUT2D eigenvalue weighted by atomic mass is 16.6. The lowest BCUT2D eigenvalue weighted by Gasteiger charge is -2.06. The molecule has 0 N–H and O–H groups in total. The Bertz CT molecular complexity index is 1050. The average Bonchev–Trinajstić information content (AvgIpc) is 2.67. The number of rotatable bonds is 4. The summed E-state index contributed by atoms with van der Waals surface area (Å²) in [6.07, 6.45) is 0.155. The fraction of sp³-hybridized carbons (Fsp3) is 0.0833. The fourth-order valence-corrected chi connectivity index (χ4v) is 3.23. The normalized spacial score (nSPS) is 10.8. The van der Waals surface area contributed by atoms with Crippen molar-refractivity contribution in [1.29, 1.82) is 0 Å². The lowest BCUT2D eigenvalue weighted by atomic mass is 10.0. The molecule has 4 aromatic rings. The molecule has 3 nitrogen and oxygen atoms in total. The first-order valence-corrected chi connectivity index (χ1v) is 8.86. The number of benzene rings is 4. The van der Waals surface area contributed by atoms with Gasteiger partial charge in [0.25, 0.3) is 0 Å². The topological polar surface area (TPSA) is 43.4 Å². The first-order valence-electron chi connectivity index (χ1n) is 8.86. The van der Waals surface area contributed by atoms with E-state index in [2.05, 4.69) is 0 Å². The van der Waals surface area contributed by atoms with Gasteiger partial charge >= 0.3 is 11.9 Å². The minimum Gasteiger partial charge on any atom is -0.393 e. The Morgan fingerprint density at radius 2 is 0.963 bits per heavy atom. The number of ether oxygens (including phenoxy) is 1. The maximum atomic E-state index is 12.1. The molecule has 0 spiro atoms. The SMILES string of the molecule is O=C(Cc1ccc2ccccc2c1)OC(=O)Cc1ccc2ccccc2c1. The fourth-order valence-electron chi connectivity index (χ4n) is 3.23. The van der Waals surface area contributed by atoms with Crippen molar-refractivity contribution in [1.82, 2.24) is 0 Å². The molecular weight excluding hydrogens is 336 g/mol. The highest BCUT2D eigenvalue weighted by Gasteiger charge is 2.12. The molecule has 0 aliphatic rings. The van der Waals surface area contributed by atoms with E-state index in [1.165, 1.54) is 0 Å². The van der Waals surface area contributed by atoms with E-state index in [4.69, 9.17) is 4.74 Å². The van der Waals surface area contributed by atoms with Crippen LogP contribution in [-0.4, -0.2) is 11.9 Å². The highest BCUT2D eigenvalue weighted by Crippen LogP contribution is 2.17. The van der Waals surface area contributed by atoms with Crippen molar-refractivity contribution in [2.45, 2.75) is 12.8 Å². The van der Waals surface area contributed by atoms with Gasteiger partial charge in [-0.2, -0.15) is 0 Å². The first-order chi connectivity index (χ1) is 13.2. The predicted octanol–water partition coefficient (Wildman–Crippen LogP) is 4.85. The molecular formula is C24H18O3. The van der Waals surface area contributed by atoms with Crippen LogP contribution in [0.3, 0.4) is 0 Å². The van der Waals surface area contributed by atoms with Gasteiger partial charge in [0.05, 0.1) is 12.8 Å². The van der Waals surface area contributed by atoms with Gasteiger partial charge in [-0.25, -0.2) is 0 Å². The van der Waals surface area contributed by atoms with Crippen molar-refractivity contribution in [3.8, 4) is 0 Å². The van der Waals surface area contributed by atoms with Crippen molar-refractivity contribution >= 4 is 33.5 Å².